The van der Waals surface area contributed by atoms with Gasteiger partial charge in [-0.2, -0.15) is 0 Å². The zero-order chi connectivity index (χ0) is 13.1. The molecule has 100 valence electrons. The van der Waals surface area contributed by atoms with E-state index in [2.05, 4.69) is 33.2 Å². The van der Waals surface area contributed by atoms with Crippen LogP contribution in [0, 0.1) is 19.8 Å². The molecule has 0 bridgehead atoms. The summed E-state index contributed by atoms with van der Waals surface area (Å²) in [6, 6.07) is 2.66. The predicted octanol–water partition coefficient (Wildman–Crippen LogP) is 1.92. The van der Waals surface area contributed by atoms with E-state index in [-0.39, 0.29) is 0 Å². The Hall–Kier alpha value is -1.16. The molecule has 2 heterocycles. The maximum absolute atomic E-state index is 4.57. The normalized spacial score (nSPS) is 22.0. The topological polar surface area (TPSA) is 41.0 Å². The summed E-state index contributed by atoms with van der Waals surface area (Å²) in [5, 5.41) is 3.37. The molecule has 1 aliphatic rings. The molecule has 2 unspecified atom stereocenters. The number of aryl methyl sites for hydroxylation is 2. The van der Waals surface area contributed by atoms with Crippen LogP contribution in [-0.2, 0) is 0 Å². The predicted molar refractivity (Wildman–Crippen MR) is 75.0 cm³/mol. The van der Waals surface area contributed by atoms with E-state index in [1.165, 1.54) is 12.8 Å². The van der Waals surface area contributed by atoms with Crippen molar-refractivity contribution in [3.05, 3.63) is 17.6 Å². The average molecular weight is 248 g/mol. The van der Waals surface area contributed by atoms with E-state index in [0.29, 0.717) is 12.0 Å². The van der Waals surface area contributed by atoms with Crippen molar-refractivity contribution >= 4 is 5.82 Å². The van der Waals surface area contributed by atoms with Crippen LogP contribution >= 0.6 is 0 Å². The lowest BCUT2D eigenvalue weighted by Crippen LogP contribution is -2.43. The van der Waals surface area contributed by atoms with Gasteiger partial charge in [0.15, 0.2) is 0 Å². The average Bonchev–Trinajstić information content (AvgIpc) is 2.37. The Morgan fingerprint density at radius 3 is 2.83 bits per heavy atom. The highest BCUT2D eigenvalue weighted by Crippen LogP contribution is 2.24. The number of anilines is 1. The summed E-state index contributed by atoms with van der Waals surface area (Å²) in [4.78, 5) is 11.3. The summed E-state index contributed by atoms with van der Waals surface area (Å²) < 4.78 is 0. The quantitative estimate of drug-likeness (QED) is 0.887. The Bertz CT molecular complexity index is 385. The molecule has 1 saturated heterocycles. The van der Waals surface area contributed by atoms with Gasteiger partial charge in [-0.05, 0) is 46.6 Å². The molecule has 1 aromatic rings. The fourth-order valence-corrected chi connectivity index (χ4v) is 2.72. The van der Waals surface area contributed by atoms with Crippen molar-refractivity contribution in [1.82, 2.24) is 15.3 Å². The first-order valence-corrected chi connectivity index (χ1v) is 6.84. The van der Waals surface area contributed by atoms with Gasteiger partial charge in [-0.15, -0.1) is 0 Å². The van der Waals surface area contributed by atoms with Gasteiger partial charge in [0.05, 0.1) is 0 Å². The van der Waals surface area contributed by atoms with E-state index in [9.17, 15) is 0 Å². The van der Waals surface area contributed by atoms with Gasteiger partial charge >= 0.3 is 0 Å². The maximum atomic E-state index is 4.57. The summed E-state index contributed by atoms with van der Waals surface area (Å²) in [5.74, 6) is 2.67. The molecule has 1 aromatic heterocycles. The van der Waals surface area contributed by atoms with Crippen LogP contribution in [0.3, 0.4) is 0 Å². The van der Waals surface area contributed by atoms with Crippen LogP contribution in [0.1, 0.15) is 31.3 Å². The van der Waals surface area contributed by atoms with Crippen LogP contribution in [-0.4, -0.2) is 36.1 Å². The minimum atomic E-state index is 0.567. The SMILES string of the molecule is CNC(C)C1CCCN(c2cc(C)nc(C)n2)C1. The number of nitrogens with zero attached hydrogens (tertiary/aromatic N) is 3. The molecule has 0 aliphatic carbocycles. The van der Waals surface area contributed by atoms with Gasteiger partial charge in [-0.3, -0.25) is 0 Å². The Kier molecular flexibility index (Phi) is 4.17. The molecule has 1 aliphatic heterocycles. The second-order valence-corrected chi connectivity index (χ2v) is 5.34. The molecule has 1 fully saturated rings. The van der Waals surface area contributed by atoms with E-state index in [4.69, 9.17) is 0 Å². The van der Waals surface area contributed by atoms with E-state index < -0.39 is 0 Å². The van der Waals surface area contributed by atoms with Crippen LogP contribution in [0.2, 0.25) is 0 Å². The van der Waals surface area contributed by atoms with E-state index in [0.717, 1.165) is 30.4 Å². The summed E-state index contributed by atoms with van der Waals surface area (Å²) >= 11 is 0. The number of hydrogen-bond donors (Lipinski definition) is 1. The molecular weight excluding hydrogens is 224 g/mol. The Balaban J connectivity index is 2.12. The molecule has 0 amide bonds. The van der Waals surface area contributed by atoms with Crippen molar-refractivity contribution in [3.8, 4) is 0 Å². The monoisotopic (exact) mass is 248 g/mol. The summed E-state index contributed by atoms with van der Waals surface area (Å²) in [7, 11) is 2.04. The number of nitrogens with one attached hydrogen (secondary N) is 1. The summed E-state index contributed by atoms with van der Waals surface area (Å²) in [5.41, 5.74) is 1.06. The summed E-state index contributed by atoms with van der Waals surface area (Å²) in [6.45, 7) is 8.48. The standard InChI is InChI=1S/C14H24N4/c1-10-8-14(17-12(3)16-10)18-7-5-6-13(9-18)11(2)15-4/h8,11,13,15H,5-7,9H2,1-4H3. The molecule has 2 rings (SSSR count). The molecule has 4 nitrogen and oxygen atoms in total. The highest BCUT2D eigenvalue weighted by atomic mass is 15.2. The lowest BCUT2D eigenvalue weighted by atomic mass is 9.91. The third kappa shape index (κ3) is 2.99. The second kappa shape index (κ2) is 5.65. The van der Waals surface area contributed by atoms with Gasteiger partial charge < -0.3 is 10.2 Å². The van der Waals surface area contributed by atoms with E-state index in [1.54, 1.807) is 0 Å². The third-order valence-corrected chi connectivity index (χ3v) is 3.90. The number of rotatable bonds is 3. The first-order valence-electron chi connectivity index (χ1n) is 6.84. The van der Waals surface area contributed by atoms with E-state index in [1.807, 2.05) is 20.9 Å². The van der Waals surface area contributed by atoms with Crippen molar-refractivity contribution < 1.29 is 0 Å². The van der Waals surface area contributed by atoms with Gasteiger partial charge in [-0.25, -0.2) is 9.97 Å². The van der Waals surface area contributed by atoms with E-state index >= 15 is 0 Å². The molecule has 18 heavy (non-hydrogen) atoms. The van der Waals surface area contributed by atoms with Crippen LogP contribution in [0.15, 0.2) is 6.07 Å². The lowest BCUT2D eigenvalue weighted by molar-refractivity contribution is 0.332. The molecule has 0 radical (unpaired) electrons. The third-order valence-electron chi connectivity index (χ3n) is 3.90. The van der Waals surface area contributed by atoms with Crippen LogP contribution in [0.4, 0.5) is 5.82 Å². The molecule has 4 heteroatoms. The fraction of sp³-hybridized carbons (Fsp3) is 0.714. The lowest BCUT2D eigenvalue weighted by Gasteiger charge is -2.36. The fourth-order valence-electron chi connectivity index (χ4n) is 2.72. The molecule has 2 atom stereocenters. The van der Waals surface area contributed by atoms with Crippen LogP contribution < -0.4 is 10.2 Å². The zero-order valence-electron chi connectivity index (χ0n) is 11.9. The largest absolute Gasteiger partial charge is 0.356 e. The van der Waals surface area contributed by atoms with Gasteiger partial charge in [0.25, 0.3) is 0 Å². The molecule has 0 saturated carbocycles. The van der Waals surface area contributed by atoms with Crippen molar-refractivity contribution in [2.24, 2.45) is 5.92 Å². The molecule has 0 spiro atoms. The van der Waals surface area contributed by atoms with Gasteiger partial charge in [-0.1, -0.05) is 0 Å². The highest BCUT2D eigenvalue weighted by molar-refractivity contribution is 5.40. The second-order valence-electron chi connectivity index (χ2n) is 5.34. The Labute approximate surface area is 110 Å². The van der Waals surface area contributed by atoms with Crippen molar-refractivity contribution in [2.75, 3.05) is 25.0 Å². The number of hydrogen-bond acceptors (Lipinski definition) is 4. The van der Waals surface area contributed by atoms with Crippen LogP contribution in [0.25, 0.3) is 0 Å². The van der Waals surface area contributed by atoms with Crippen molar-refractivity contribution in [2.45, 2.75) is 39.7 Å². The zero-order valence-corrected chi connectivity index (χ0v) is 11.9. The number of aromatic nitrogens is 2. The van der Waals surface area contributed by atoms with Crippen LogP contribution in [0.5, 0.6) is 0 Å². The first-order chi connectivity index (χ1) is 8.60. The van der Waals surface area contributed by atoms with Gasteiger partial charge in [0.1, 0.15) is 11.6 Å². The summed E-state index contributed by atoms with van der Waals surface area (Å²) in [6.07, 6.45) is 2.56. The van der Waals surface area contributed by atoms with Gasteiger partial charge in [0, 0.05) is 30.9 Å². The minimum absolute atomic E-state index is 0.567. The first kappa shape index (κ1) is 13.3. The maximum Gasteiger partial charge on any atom is 0.132 e. The minimum Gasteiger partial charge on any atom is -0.356 e. The Morgan fingerprint density at radius 1 is 1.39 bits per heavy atom. The Morgan fingerprint density at radius 2 is 2.17 bits per heavy atom. The van der Waals surface area contributed by atoms with Crippen molar-refractivity contribution in [3.63, 3.8) is 0 Å². The van der Waals surface area contributed by atoms with Gasteiger partial charge in [0.2, 0.25) is 0 Å². The smallest absolute Gasteiger partial charge is 0.132 e. The molecule has 1 N–H and O–H groups in total. The van der Waals surface area contributed by atoms with Crippen molar-refractivity contribution in [1.29, 1.82) is 0 Å². The number of piperidine rings is 1. The molecular formula is C14H24N4. The highest BCUT2D eigenvalue weighted by Gasteiger charge is 2.24. The molecule has 0 aromatic carbocycles.